The predicted octanol–water partition coefficient (Wildman–Crippen LogP) is 2.70. The van der Waals surface area contributed by atoms with E-state index in [1.165, 1.54) is 0 Å². The van der Waals surface area contributed by atoms with E-state index in [-0.39, 0.29) is 11.6 Å². The molecule has 1 saturated heterocycles. The van der Waals surface area contributed by atoms with Gasteiger partial charge in [-0.15, -0.1) is 0 Å². The van der Waals surface area contributed by atoms with Crippen LogP contribution in [0.25, 0.3) is 0 Å². The summed E-state index contributed by atoms with van der Waals surface area (Å²) >= 11 is 0. The van der Waals surface area contributed by atoms with E-state index in [2.05, 4.69) is 19.8 Å². The minimum atomic E-state index is -0.491. The quantitative estimate of drug-likeness (QED) is 0.745. The number of anilines is 2. The van der Waals surface area contributed by atoms with Gasteiger partial charge in [-0.1, -0.05) is 0 Å². The van der Waals surface area contributed by atoms with Crippen LogP contribution in [0.15, 0.2) is 12.3 Å². The zero-order valence-corrected chi connectivity index (χ0v) is 19.4. The summed E-state index contributed by atoms with van der Waals surface area (Å²) < 4.78 is 5.61. The Balaban J connectivity index is 1.90. The van der Waals surface area contributed by atoms with Crippen LogP contribution in [-0.4, -0.2) is 90.4 Å². The van der Waals surface area contributed by atoms with Gasteiger partial charge >= 0.3 is 6.09 Å². The summed E-state index contributed by atoms with van der Waals surface area (Å²) in [5.41, 5.74) is -0.775. The molecule has 0 unspecified atom stereocenters. The summed E-state index contributed by atoms with van der Waals surface area (Å²) in [6.07, 6.45) is 1.56. The largest absolute Gasteiger partial charge is 0.444 e. The minimum Gasteiger partial charge on any atom is -0.444 e. The Hall–Kier alpha value is -2.09. The Kier molecular flexibility index (Phi) is 7.32. The molecule has 8 nitrogen and oxygen atoms in total. The van der Waals surface area contributed by atoms with Crippen molar-refractivity contribution in [3.05, 3.63) is 12.3 Å². The Bertz CT molecular complexity index is 672. The fourth-order valence-electron chi connectivity index (χ4n) is 3.19. The van der Waals surface area contributed by atoms with Crippen LogP contribution in [0, 0.1) is 0 Å². The van der Waals surface area contributed by atoms with Crippen LogP contribution >= 0.6 is 0 Å². The molecule has 0 aromatic carbocycles. The van der Waals surface area contributed by atoms with Crippen molar-refractivity contribution in [2.45, 2.75) is 52.7 Å². The van der Waals surface area contributed by atoms with Gasteiger partial charge in [0.15, 0.2) is 0 Å². The van der Waals surface area contributed by atoms with E-state index in [9.17, 15) is 4.79 Å². The molecule has 1 amide bonds. The first-order valence-electron chi connectivity index (χ1n) is 10.3. The molecule has 0 atom stereocenters. The lowest BCUT2D eigenvalue weighted by molar-refractivity contribution is 0.00373. The lowest BCUT2D eigenvalue weighted by Gasteiger charge is -2.40. The molecule has 1 aliphatic heterocycles. The Labute approximate surface area is 175 Å². The number of piperazine rings is 1. The number of rotatable bonds is 5. The summed E-state index contributed by atoms with van der Waals surface area (Å²) in [4.78, 5) is 30.0. The van der Waals surface area contributed by atoms with Crippen molar-refractivity contribution in [1.82, 2.24) is 19.8 Å². The van der Waals surface area contributed by atoms with E-state index in [0.29, 0.717) is 6.54 Å². The standard InChI is InChI=1S/C21H38N6O2/c1-20(2,3)27(19(28)29-21(4,5)6)16-13-25-11-14-26(15-12-25)17-9-10-22-18(23-17)24(7)8/h9-10H,11-16H2,1-8H3. The molecule has 1 aromatic rings. The first kappa shape index (κ1) is 23.2. The number of hydrogen-bond donors (Lipinski definition) is 0. The van der Waals surface area contributed by atoms with Gasteiger partial charge in [-0.05, 0) is 47.6 Å². The molecule has 2 heterocycles. The zero-order chi connectivity index (χ0) is 21.8. The average molecular weight is 407 g/mol. The van der Waals surface area contributed by atoms with Gasteiger partial charge in [0, 0.05) is 65.1 Å². The van der Waals surface area contributed by atoms with Crippen LogP contribution in [-0.2, 0) is 4.74 Å². The number of carbonyl (C=O) groups excluding carboxylic acids is 1. The number of nitrogens with zero attached hydrogens (tertiary/aromatic N) is 6. The molecule has 29 heavy (non-hydrogen) atoms. The molecule has 1 aliphatic rings. The second-order valence-electron chi connectivity index (χ2n) is 9.74. The number of ether oxygens (including phenoxy) is 1. The molecular weight excluding hydrogens is 368 g/mol. The topological polar surface area (TPSA) is 65.0 Å². The third kappa shape index (κ3) is 7.03. The molecule has 1 aromatic heterocycles. The number of aromatic nitrogens is 2. The van der Waals surface area contributed by atoms with Crippen molar-refractivity contribution < 1.29 is 9.53 Å². The molecule has 164 valence electrons. The highest BCUT2D eigenvalue weighted by atomic mass is 16.6. The highest BCUT2D eigenvalue weighted by Crippen LogP contribution is 2.19. The fourth-order valence-corrected chi connectivity index (χ4v) is 3.19. The lowest BCUT2D eigenvalue weighted by atomic mass is 10.1. The highest BCUT2D eigenvalue weighted by molar-refractivity contribution is 5.69. The van der Waals surface area contributed by atoms with Crippen molar-refractivity contribution in [2.24, 2.45) is 0 Å². The highest BCUT2D eigenvalue weighted by Gasteiger charge is 2.31. The predicted molar refractivity (Wildman–Crippen MR) is 118 cm³/mol. The SMILES string of the molecule is CN(C)c1nccc(N2CCN(CCN(C(=O)OC(C)(C)C)C(C)(C)C)CC2)n1. The van der Waals surface area contributed by atoms with E-state index in [4.69, 9.17) is 4.74 Å². The van der Waals surface area contributed by atoms with Gasteiger partial charge in [0.1, 0.15) is 11.4 Å². The van der Waals surface area contributed by atoms with E-state index in [1.54, 1.807) is 0 Å². The number of hydrogen-bond acceptors (Lipinski definition) is 7. The van der Waals surface area contributed by atoms with Gasteiger partial charge in [0.05, 0.1) is 0 Å². The molecule has 8 heteroatoms. The van der Waals surface area contributed by atoms with E-state index >= 15 is 0 Å². The van der Waals surface area contributed by atoms with Crippen molar-refractivity contribution in [3.63, 3.8) is 0 Å². The molecular formula is C21H38N6O2. The summed E-state index contributed by atoms with van der Waals surface area (Å²) in [5, 5.41) is 0. The first-order chi connectivity index (χ1) is 13.4. The zero-order valence-electron chi connectivity index (χ0n) is 19.4. The second-order valence-corrected chi connectivity index (χ2v) is 9.74. The van der Waals surface area contributed by atoms with Gasteiger partial charge in [0.25, 0.3) is 0 Å². The smallest absolute Gasteiger partial charge is 0.410 e. The van der Waals surface area contributed by atoms with Crippen LogP contribution < -0.4 is 9.80 Å². The van der Waals surface area contributed by atoms with Gasteiger partial charge in [-0.25, -0.2) is 9.78 Å². The normalized spacial score (nSPS) is 15.9. The van der Waals surface area contributed by atoms with Crippen LogP contribution in [0.1, 0.15) is 41.5 Å². The van der Waals surface area contributed by atoms with E-state index < -0.39 is 5.60 Å². The summed E-state index contributed by atoms with van der Waals surface area (Å²) in [5.74, 6) is 1.69. The van der Waals surface area contributed by atoms with Gasteiger partial charge in [-0.2, -0.15) is 4.98 Å². The maximum atomic E-state index is 12.7. The monoisotopic (exact) mass is 406 g/mol. The summed E-state index contributed by atoms with van der Waals surface area (Å²) in [6, 6.07) is 1.96. The molecule has 0 aliphatic carbocycles. The molecule has 0 bridgehead atoms. The van der Waals surface area contributed by atoms with E-state index in [1.807, 2.05) is 77.7 Å². The molecule has 2 rings (SSSR count). The molecule has 1 fully saturated rings. The third-order valence-corrected chi connectivity index (χ3v) is 4.79. The summed E-state index contributed by atoms with van der Waals surface area (Å²) in [7, 11) is 3.89. The van der Waals surface area contributed by atoms with Crippen molar-refractivity contribution in [1.29, 1.82) is 0 Å². The van der Waals surface area contributed by atoms with Gasteiger partial charge < -0.3 is 19.4 Å². The van der Waals surface area contributed by atoms with Crippen LogP contribution in [0.4, 0.5) is 16.6 Å². The Morgan fingerprint density at radius 3 is 2.24 bits per heavy atom. The second kappa shape index (κ2) is 9.15. The van der Waals surface area contributed by atoms with Crippen LogP contribution in [0.5, 0.6) is 0 Å². The number of amides is 1. The fraction of sp³-hybridized carbons (Fsp3) is 0.762. The van der Waals surface area contributed by atoms with Gasteiger partial charge in [-0.3, -0.25) is 4.90 Å². The Morgan fingerprint density at radius 1 is 1.10 bits per heavy atom. The van der Waals surface area contributed by atoms with Crippen LogP contribution in [0.3, 0.4) is 0 Å². The van der Waals surface area contributed by atoms with Crippen molar-refractivity contribution in [2.75, 3.05) is 63.2 Å². The maximum absolute atomic E-state index is 12.7. The molecule has 0 N–H and O–H groups in total. The summed E-state index contributed by atoms with van der Waals surface area (Å²) in [6.45, 7) is 17.0. The Morgan fingerprint density at radius 2 is 1.72 bits per heavy atom. The molecule has 0 spiro atoms. The maximum Gasteiger partial charge on any atom is 0.410 e. The number of carbonyl (C=O) groups is 1. The van der Waals surface area contributed by atoms with E-state index in [0.717, 1.165) is 44.5 Å². The minimum absolute atomic E-state index is 0.249. The average Bonchev–Trinajstić information content (AvgIpc) is 2.60. The first-order valence-corrected chi connectivity index (χ1v) is 10.3. The molecule has 0 radical (unpaired) electrons. The van der Waals surface area contributed by atoms with Gasteiger partial charge in [0.2, 0.25) is 5.95 Å². The third-order valence-electron chi connectivity index (χ3n) is 4.79. The van der Waals surface area contributed by atoms with Crippen LogP contribution in [0.2, 0.25) is 0 Å². The van der Waals surface area contributed by atoms with Crippen molar-refractivity contribution in [3.8, 4) is 0 Å². The van der Waals surface area contributed by atoms with Crippen molar-refractivity contribution >= 4 is 17.9 Å². The molecule has 0 saturated carbocycles. The lowest BCUT2D eigenvalue weighted by Crippen LogP contribution is -2.53.